The molecule has 0 aliphatic carbocycles. The number of aliphatic hydroxyl groups is 1. The Morgan fingerprint density at radius 1 is 1.53 bits per heavy atom. The molecule has 4 heteroatoms. The van der Waals surface area contributed by atoms with Gasteiger partial charge in [-0.15, -0.1) is 0 Å². The second kappa shape index (κ2) is 4.96. The lowest BCUT2D eigenvalue weighted by molar-refractivity contribution is 0.264. The van der Waals surface area contributed by atoms with Gasteiger partial charge in [-0.05, 0) is 25.5 Å². The molecule has 1 unspecified atom stereocenters. The summed E-state index contributed by atoms with van der Waals surface area (Å²) in [5.74, 6) is 0.744. The molecule has 0 fully saturated rings. The Balaban J connectivity index is 3.38. The quantitative estimate of drug-likeness (QED) is 0.887. The van der Waals surface area contributed by atoms with Crippen LogP contribution in [0.2, 0.25) is 0 Å². The number of halogens is 1. The molecule has 15 heavy (non-hydrogen) atoms. The van der Waals surface area contributed by atoms with Crippen LogP contribution in [0.3, 0.4) is 0 Å². The molecule has 0 spiro atoms. The first kappa shape index (κ1) is 12.5. The molecule has 0 aromatic heterocycles. The van der Waals surface area contributed by atoms with Crippen LogP contribution >= 0.6 is 15.9 Å². The van der Waals surface area contributed by atoms with E-state index in [1.165, 1.54) is 0 Å². The van der Waals surface area contributed by atoms with Crippen LogP contribution in [-0.2, 0) is 0 Å². The average molecular weight is 274 g/mol. The molecule has 0 aliphatic heterocycles. The van der Waals surface area contributed by atoms with Crippen molar-refractivity contribution in [1.82, 2.24) is 0 Å². The van der Waals surface area contributed by atoms with E-state index >= 15 is 0 Å². The number of methoxy groups -OCH3 is 1. The van der Waals surface area contributed by atoms with Gasteiger partial charge in [-0.25, -0.2) is 0 Å². The average Bonchev–Trinajstić information content (AvgIpc) is 2.24. The molecule has 84 valence electrons. The lowest BCUT2D eigenvalue weighted by Gasteiger charge is -2.18. The van der Waals surface area contributed by atoms with Gasteiger partial charge < -0.3 is 15.6 Å². The standard InChI is InChI=1S/C11H16BrNO2/c1-6-4-8(9(13)5-14)11(15-3)7(2)10(6)12/h4,9,14H,5,13H2,1-3H3. The van der Waals surface area contributed by atoms with Crippen LogP contribution in [0.5, 0.6) is 5.75 Å². The van der Waals surface area contributed by atoms with Gasteiger partial charge in [0.05, 0.1) is 19.8 Å². The van der Waals surface area contributed by atoms with E-state index in [0.29, 0.717) is 0 Å². The van der Waals surface area contributed by atoms with E-state index in [1.54, 1.807) is 7.11 Å². The molecular formula is C11H16BrNO2. The van der Waals surface area contributed by atoms with Gasteiger partial charge in [-0.2, -0.15) is 0 Å². The SMILES string of the molecule is COc1c(C(N)CO)cc(C)c(Br)c1C. The molecule has 0 heterocycles. The number of hydrogen-bond acceptors (Lipinski definition) is 3. The minimum Gasteiger partial charge on any atom is -0.496 e. The van der Waals surface area contributed by atoms with Crippen LogP contribution in [-0.4, -0.2) is 18.8 Å². The lowest BCUT2D eigenvalue weighted by Crippen LogP contribution is -2.16. The molecule has 1 aromatic rings. The van der Waals surface area contributed by atoms with Gasteiger partial charge in [0, 0.05) is 15.6 Å². The van der Waals surface area contributed by atoms with E-state index in [2.05, 4.69) is 15.9 Å². The zero-order chi connectivity index (χ0) is 11.6. The van der Waals surface area contributed by atoms with Crippen molar-refractivity contribution in [1.29, 1.82) is 0 Å². The van der Waals surface area contributed by atoms with Crippen molar-refractivity contribution in [3.63, 3.8) is 0 Å². The topological polar surface area (TPSA) is 55.5 Å². The van der Waals surface area contributed by atoms with E-state index in [-0.39, 0.29) is 6.61 Å². The van der Waals surface area contributed by atoms with E-state index in [0.717, 1.165) is 26.9 Å². The van der Waals surface area contributed by atoms with E-state index in [1.807, 2.05) is 19.9 Å². The number of benzene rings is 1. The van der Waals surface area contributed by atoms with E-state index in [9.17, 15) is 0 Å². The summed E-state index contributed by atoms with van der Waals surface area (Å²) in [5, 5.41) is 9.07. The third-order valence-corrected chi connectivity index (χ3v) is 3.67. The molecule has 1 atom stereocenters. The molecule has 3 nitrogen and oxygen atoms in total. The van der Waals surface area contributed by atoms with Crippen molar-refractivity contribution >= 4 is 15.9 Å². The van der Waals surface area contributed by atoms with Gasteiger partial charge in [-0.3, -0.25) is 0 Å². The first-order valence-corrected chi connectivity index (χ1v) is 5.52. The fourth-order valence-electron chi connectivity index (χ4n) is 1.62. The molecule has 0 amide bonds. The third kappa shape index (κ3) is 2.33. The Morgan fingerprint density at radius 3 is 2.60 bits per heavy atom. The van der Waals surface area contributed by atoms with Crippen molar-refractivity contribution < 1.29 is 9.84 Å². The monoisotopic (exact) mass is 273 g/mol. The minimum atomic E-state index is -0.398. The van der Waals surface area contributed by atoms with Gasteiger partial charge in [0.25, 0.3) is 0 Å². The Hall–Kier alpha value is -0.580. The van der Waals surface area contributed by atoms with Gasteiger partial charge in [0.2, 0.25) is 0 Å². The van der Waals surface area contributed by atoms with Crippen molar-refractivity contribution in [2.24, 2.45) is 5.73 Å². The summed E-state index contributed by atoms with van der Waals surface area (Å²) in [5.41, 5.74) is 8.76. The molecule has 3 N–H and O–H groups in total. The Morgan fingerprint density at radius 2 is 2.13 bits per heavy atom. The predicted octanol–water partition coefficient (Wildman–Crippen LogP) is 2.07. The molecule has 0 saturated carbocycles. The summed E-state index contributed by atoms with van der Waals surface area (Å²) < 4.78 is 6.34. The maximum absolute atomic E-state index is 9.07. The highest BCUT2D eigenvalue weighted by molar-refractivity contribution is 9.10. The minimum absolute atomic E-state index is 0.0864. The van der Waals surface area contributed by atoms with Crippen LogP contribution in [0.25, 0.3) is 0 Å². The summed E-state index contributed by atoms with van der Waals surface area (Å²) in [6.45, 7) is 3.87. The highest BCUT2D eigenvalue weighted by atomic mass is 79.9. The van der Waals surface area contributed by atoms with Crippen LogP contribution < -0.4 is 10.5 Å². The molecule has 0 radical (unpaired) electrons. The van der Waals surface area contributed by atoms with Crippen LogP contribution in [0.15, 0.2) is 10.5 Å². The van der Waals surface area contributed by atoms with Crippen LogP contribution in [0, 0.1) is 13.8 Å². The van der Waals surface area contributed by atoms with Gasteiger partial charge in [-0.1, -0.05) is 15.9 Å². The smallest absolute Gasteiger partial charge is 0.127 e. The van der Waals surface area contributed by atoms with Crippen molar-refractivity contribution in [2.75, 3.05) is 13.7 Å². The normalized spacial score (nSPS) is 12.7. The Kier molecular flexibility index (Phi) is 4.13. The second-order valence-electron chi connectivity index (χ2n) is 3.54. The number of nitrogens with two attached hydrogens (primary N) is 1. The maximum Gasteiger partial charge on any atom is 0.127 e. The van der Waals surface area contributed by atoms with Crippen molar-refractivity contribution in [3.05, 3.63) is 27.2 Å². The van der Waals surface area contributed by atoms with Crippen LogP contribution in [0.1, 0.15) is 22.7 Å². The number of hydrogen-bond donors (Lipinski definition) is 2. The number of aliphatic hydroxyl groups excluding tert-OH is 1. The third-order valence-electron chi connectivity index (χ3n) is 2.45. The molecule has 0 bridgehead atoms. The zero-order valence-electron chi connectivity index (χ0n) is 9.17. The number of aryl methyl sites for hydroxylation is 1. The fourth-order valence-corrected chi connectivity index (χ4v) is 1.91. The summed E-state index contributed by atoms with van der Waals surface area (Å²) >= 11 is 3.49. The highest BCUT2D eigenvalue weighted by Crippen LogP contribution is 2.35. The summed E-state index contributed by atoms with van der Waals surface area (Å²) in [6.07, 6.45) is 0. The lowest BCUT2D eigenvalue weighted by atomic mass is 10.0. The largest absolute Gasteiger partial charge is 0.496 e. The van der Waals surface area contributed by atoms with E-state index in [4.69, 9.17) is 15.6 Å². The number of rotatable bonds is 3. The predicted molar refractivity (Wildman–Crippen MR) is 64.2 cm³/mol. The van der Waals surface area contributed by atoms with Crippen molar-refractivity contribution in [2.45, 2.75) is 19.9 Å². The van der Waals surface area contributed by atoms with Gasteiger partial charge in [0.1, 0.15) is 5.75 Å². The molecule has 0 saturated heterocycles. The Labute approximate surface area is 98.4 Å². The molecular weight excluding hydrogens is 258 g/mol. The maximum atomic E-state index is 9.07. The molecule has 1 aromatic carbocycles. The van der Waals surface area contributed by atoms with Gasteiger partial charge >= 0.3 is 0 Å². The highest BCUT2D eigenvalue weighted by Gasteiger charge is 2.16. The van der Waals surface area contributed by atoms with Crippen LogP contribution in [0.4, 0.5) is 0 Å². The first-order valence-electron chi connectivity index (χ1n) is 4.73. The molecule has 0 aliphatic rings. The first-order chi connectivity index (χ1) is 7.02. The number of ether oxygens (including phenoxy) is 1. The zero-order valence-corrected chi connectivity index (χ0v) is 10.8. The van der Waals surface area contributed by atoms with Gasteiger partial charge in [0.15, 0.2) is 0 Å². The van der Waals surface area contributed by atoms with Crippen molar-refractivity contribution in [3.8, 4) is 5.75 Å². The van der Waals surface area contributed by atoms with E-state index < -0.39 is 6.04 Å². The summed E-state index contributed by atoms with van der Waals surface area (Å²) in [4.78, 5) is 0. The summed E-state index contributed by atoms with van der Waals surface area (Å²) in [6, 6.07) is 1.54. The summed E-state index contributed by atoms with van der Waals surface area (Å²) in [7, 11) is 1.61. The Bertz CT molecular complexity index is 366. The fraction of sp³-hybridized carbons (Fsp3) is 0.455. The second-order valence-corrected chi connectivity index (χ2v) is 4.34. The molecule has 1 rings (SSSR count).